The van der Waals surface area contributed by atoms with E-state index >= 15 is 0 Å². The van der Waals surface area contributed by atoms with E-state index in [-0.39, 0.29) is 16.9 Å². The lowest BCUT2D eigenvalue weighted by Crippen LogP contribution is -2.29. The van der Waals surface area contributed by atoms with E-state index in [2.05, 4.69) is 0 Å². The van der Waals surface area contributed by atoms with Crippen molar-refractivity contribution in [3.8, 4) is 17.2 Å². The molecule has 1 atom stereocenters. The molecule has 3 aromatic rings. The minimum absolute atomic E-state index is 0.0247. The molecule has 168 valence electrons. The molecule has 2 N–H and O–H groups in total. The van der Waals surface area contributed by atoms with E-state index in [9.17, 15) is 19.8 Å². The second kappa shape index (κ2) is 8.88. The van der Waals surface area contributed by atoms with Crippen LogP contribution in [0.3, 0.4) is 0 Å². The van der Waals surface area contributed by atoms with E-state index < -0.39 is 23.5 Å². The fourth-order valence-electron chi connectivity index (χ4n) is 3.82. The quantitative estimate of drug-likeness (QED) is 0.322. The van der Waals surface area contributed by atoms with E-state index in [1.807, 2.05) is 0 Å². The Morgan fingerprint density at radius 2 is 1.61 bits per heavy atom. The number of aliphatic hydroxyl groups excluding tert-OH is 1. The van der Waals surface area contributed by atoms with Crippen LogP contribution in [-0.4, -0.2) is 36.1 Å². The van der Waals surface area contributed by atoms with Crippen LogP contribution in [0, 0.1) is 0 Å². The van der Waals surface area contributed by atoms with Gasteiger partial charge in [0.25, 0.3) is 11.7 Å². The summed E-state index contributed by atoms with van der Waals surface area (Å²) in [5.74, 6) is -1.31. The molecule has 1 heterocycles. The second-order valence-electron chi connectivity index (χ2n) is 7.30. The predicted octanol–water partition coefficient (Wildman–Crippen LogP) is 4.69. The number of halogens is 1. The van der Waals surface area contributed by atoms with Crippen LogP contribution < -0.4 is 14.4 Å². The van der Waals surface area contributed by atoms with Gasteiger partial charge >= 0.3 is 0 Å². The SMILES string of the molecule is COc1ccc(OC)c(/C(O)=C2\C(=O)C(=O)N(c3ccc(Cl)cc3)C2c2ccc(O)cc2)c1. The molecule has 1 unspecified atom stereocenters. The number of carbonyl (C=O) groups is 2. The smallest absolute Gasteiger partial charge is 0.300 e. The summed E-state index contributed by atoms with van der Waals surface area (Å²) in [6.07, 6.45) is 0. The molecular weight excluding hydrogens is 446 g/mol. The van der Waals surface area contributed by atoms with Crippen LogP contribution in [-0.2, 0) is 9.59 Å². The minimum atomic E-state index is -0.956. The lowest BCUT2D eigenvalue weighted by Gasteiger charge is -2.25. The molecule has 3 aromatic carbocycles. The highest BCUT2D eigenvalue weighted by molar-refractivity contribution is 6.51. The number of phenols is 1. The van der Waals surface area contributed by atoms with Gasteiger partial charge in [-0.15, -0.1) is 0 Å². The third-order valence-electron chi connectivity index (χ3n) is 5.42. The number of rotatable bonds is 5. The fraction of sp³-hybridized carbons (Fsp3) is 0.120. The van der Waals surface area contributed by atoms with Crippen LogP contribution in [0.1, 0.15) is 17.2 Å². The number of amides is 1. The number of aromatic hydroxyl groups is 1. The van der Waals surface area contributed by atoms with E-state index in [1.165, 1.54) is 37.3 Å². The molecule has 0 spiro atoms. The summed E-state index contributed by atoms with van der Waals surface area (Å²) in [7, 11) is 2.91. The zero-order valence-corrected chi connectivity index (χ0v) is 18.5. The average Bonchev–Trinajstić information content (AvgIpc) is 3.09. The number of benzene rings is 3. The molecule has 1 amide bonds. The Morgan fingerprint density at radius 3 is 2.21 bits per heavy atom. The fourth-order valence-corrected chi connectivity index (χ4v) is 3.94. The second-order valence-corrected chi connectivity index (χ2v) is 7.74. The lowest BCUT2D eigenvalue weighted by atomic mass is 9.94. The molecule has 0 saturated carbocycles. The van der Waals surface area contributed by atoms with E-state index in [4.69, 9.17) is 21.1 Å². The maximum Gasteiger partial charge on any atom is 0.300 e. The van der Waals surface area contributed by atoms with Gasteiger partial charge < -0.3 is 19.7 Å². The first kappa shape index (κ1) is 22.2. The number of nitrogens with zero attached hydrogens (tertiary/aromatic N) is 1. The molecule has 7 nitrogen and oxygen atoms in total. The summed E-state index contributed by atoms with van der Waals surface area (Å²) in [5, 5.41) is 21.5. The number of ether oxygens (including phenoxy) is 2. The molecule has 0 aliphatic carbocycles. The Hall–Kier alpha value is -3.97. The molecule has 1 aliphatic rings. The molecule has 33 heavy (non-hydrogen) atoms. The maximum absolute atomic E-state index is 13.2. The van der Waals surface area contributed by atoms with Crippen molar-refractivity contribution in [3.63, 3.8) is 0 Å². The first-order chi connectivity index (χ1) is 15.8. The molecule has 0 aromatic heterocycles. The molecular formula is C25H20ClNO6. The number of Topliss-reactive ketones (excluding diaryl/α,β-unsaturated/α-hetero) is 1. The molecule has 4 rings (SSSR count). The Balaban J connectivity index is 1.97. The first-order valence-corrected chi connectivity index (χ1v) is 10.3. The van der Waals surface area contributed by atoms with Crippen LogP contribution in [0.5, 0.6) is 17.2 Å². The summed E-state index contributed by atoms with van der Waals surface area (Å²) in [4.78, 5) is 27.7. The number of aliphatic hydroxyl groups is 1. The number of hydrogen-bond acceptors (Lipinski definition) is 6. The highest BCUT2D eigenvalue weighted by Crippen LogP contribution is 2.44. The summed E-state index contributed by atoms with van der Waals surface area (Å²) in [6, 6.07) is 16.3. The van der Waals surface area contributed by atoms with Gasteiger partial charge in [-0.1, -0.05) is 23.7 Å². The molecule has 0 bridgehead atoms. The van der Waals surface area contributed by atoms with Crippen LogP contribution in [0.15, 0.2) is 72.3 Å². The molecule has 1 fully saturated rings. The third-order valence-corrected chi connectivity index (χ3v) is 5.67. The largest absolute Gasteiger partial charge is 0.508 e. The summed E-state index contributed by atoms with van der Waals surface area (Å²) in [5.41, 5.74) is 1.03. The van der Waals surface area contributed by atoms with Gasteiger partial charge in [-0.05, 0) is 60.2 Å². The zero-order chi connectivity index (χ0) is 23.7. The Bertz CT molecular complexity index is 1250. The minimum Gasteiger partial charge on any atom is -0.508 e. The van der Waals surface area contributed by atoms with Gasteiger partial charge in [0.15, 0.2) is 0 Å². The van der Waals surface area contributed by atoms with E-state index in [0.717, 1.165) is 0 Å². The first-order valence-electron chi connectivity index (χ1n) is 9.93. The van der Waals surface area contributed by atoms with Crippen molar-refractivity contribution in [2.75, 3.05) is 19.1 Å². The van der Waals surface area contributed by atoms with Crippen LogP contribution >= 0.6 is 11.6 Å². The molecule has 1 aliphatic heterocycles. The zero-order valence-electron chi connectivity index (χ0n) is 17.8. The average molecular weight is 466 g/mol. The molecule has 8 heteroatoms. The van der Waals surface area contributed by atoms with Crippen molar-refractivity contribution in [3.05, 3.63) is 88.5 Å². The van der Waals surface area contributed by atoms with Gasteiger partial charge in [0.2, 0.25) is 0 Å². The molecule has 1 saturated heterocycles. The topological polar surface area (TPSA) is 96.3 Å². The van der Waals surface area contributed by atoms with E-state index in [1.54, 1.807) is 48.5 Å². The van der Waals surface area contributed by atoms with Crippen molar-refractivity contribution in [1.82, 2.24) is 0 Å². The van der Waals surface area contributed by atoms with Gasteiger partial charge in [-0.3, -0.25) is 14.5 Å². The van der Waals surface area contributed by atoms with Gasteiger partial charge in [0.05, 0.1) is 31.4 Å². The third kappa shape index (κ3) is 3.99. The molecule has 0 radical (unpaired) electrons. The number of ketones is 1. The number of anilines is 1. The van der Waals surface area contributed by atoms with Gasteiger partial charge in [-0.25, -0.2) is 0 Å². The van der Waals surface area contributed by atoms with Crippen molar-refractivity contribution < 1.29 is 29.3 Å². The van der Waals surface area contributed by atoms with Crippen molar-refractivity contribution in [1.29, 1.82) is 0 Å². The monoisotopic (exact) mass is 465 g/mol. The summed E-state index contributed by atoms with van der Waals surface area (Å²) in [6.45, 7) is 0. The highest BCUT2D eigenvalue weighted by Gasteiger charge is 2.47. The number of carbonyl (C=O) groups excluding carboxylic acids is 2. The maximum atomic E-state index is 13.2. The predicted molar refractivity (Wildman–Crippen MR) is 124 cm³/mol. The normalized spacial score (nSPS) is 17.3. The standard InChI is InChI=1S/C25H20ClNO6/c1-32-18-11-12-20(33-2)19(13-18)23(29)21-22(14-3-9-17(28)10-4-14)27(25(31)24(21)30)16-7-5-15(26)6-8-16/h3-13,22,28-29H,1-2H3/b23-21+. The lowest BCUT2D eigenvalue weighted by molar-refractivity contribution is -0.132. The summed E-state index contributed by atoms with van der Waals surface area (Å²) < 4.78 is 10.6. The number of phenolic OH excluding ortho intramolecular Hbond substituents is 1. The van der Waals surface area contributed by atoms with Crippen LogP contribution in [0.25, 0.3) is 5.76 Å². The van der Waals surface area contributed by atoms with Crippen molar-refractivity contribution >= 4 is 34.7 Å². The van der Waals surface area contributed by atoms with Gasteiger partial charge in [-0.2, -0.15) is 0 Å². The van der Waals surface area contributed by atoms with Gasteiger partial charge in [0.1, 0.15) is 23.0 Å². The Morgan fingerprint density at radius 1 is 0.939 bits per heavy atom. The Kier molecular flexibility index (Phi) is 5.98. The van der Waals surface area contributed by atoms with Gasteiger partial charge in [0, 0.05) is 10.7 Å². The Labute approximate surface area is 195 Å². The van der Waals surface area contributed by atoms with Crippen LogP contribution in [0.4, 0.5) is 5.69 Å². The summed E-state index contributed by atoms with van der Waals surface area (Å²) >= 11 is 6.00. The van der Waals surface area contributed by atoms with E-state index in [0.29, 0.717) is 27.8 Å². The van der Waals surface area contributed by atoms with Crippen molar-refractivity contribution in [2.24, 2.45) is 0 Å². The highest BCUT2D eigenvalue weighted by atomic mass is 35.5. The number of hydrogen-bond donors (Lipinski definition) is 2. The van der Waals surface area contributed by atoms with Crippen LogP contribution in [0.2, 0.25) is 5.02 Å². The van der Waals surface area contributed by atoms with Crippen molar-refractivity contribution in [2.45, 2.75) is 6.04 Å². The number of methoxy groups -OCH3 is 2.